The molecule has 29 heavy (non-hydrogen) atoms. The van der Waals surface area contributed by atoms with Crippen LogP contribution in [-0.4, -0.2) is 56.9 Å². The molecule has 156 valence electrons. The first-order valence-electron chi connectivity index (χ1n) is 8.75. The minimum Gasteiger partial charge on any atom is -0.378 e. The van der Waals surface area contributed by atoms with Gasteiger partial charge in [0.2, 0.25) is 10.0 Å². The third kappa shape index (κ3) is 4.08. The molecule has 2 aromatic rings. The Balaban J connectivity index is 2.07. The maximum Gasteiger partial charge on any atom is 0.471 e. The molecule has 10 heteroatoms. The lowest BCUT2D eigenvalue weighted by Gasteiger charge is -2.30. The summed E-state index contributed by atoms with van der Waals surface area (Å²) < 4.78 is 66.6. The summed E-state index contributed by atoms with van der Waals surface area (Å²) in [5.74, 6) is -2.06. The zero-order chi connectivity index (χ0) is 21.4. The molecule has 1 heterocycles. The zero-order valence-corrected chi connectivity index (χ0v) is 16.6. The first-order chi connectivity index (χ1) is 13.5. The molecule has 1 fully saturated rings. The van der Waals surface area contributed by atoms with Gasteiger partial charge in [0.1, 0.15) is 6.17 Å². The normalized spacial score (nSPS) is 18.1. The van der Waals surface area contributed by atoms with Crippen molar-refractivity contribution in [3.8, 4) is 0 Å². The third-order valence-electron chi connectivity index (χ3n) is 4.69. The number of alkyl halides is 3. The summed E-state index contributed by atoms with van der Waals surface area (Å²) in [4.78, 5) is 14.3. The fraction of sp³-hybridized carbons (Fsp3) is 0.316. The van der Waals surface area contributed by atoms with Gasteiger partial charge in [-0.2, -0.15) is 17.5 Å². The Hall–Kier alpha value is -2.59. The largest absolute Gasteiger partial charge is 0.471 e. The van der Waals surface area contributed by atoms with Gasteiger partial charge in [-0.15, -0.1) is 0 Å². The van der Waals surface area contributed by atoms with Gasteiger partial charge in [0, 0.05) is 32.9 Å². The molecule has 1 aliphatic rings. The predicted molar refractivity (Wildman–Crippen MR) is 102 cm³/mol. The van der Waals surface area contributed by atoms with Crippen LogP contribution in [0.5, 0.6) is 0 Å². The standard InChI is InChI=1S/C19H20F3N3O3S/c1-23(2)15-10-8-14(9-11-15)17-24(18(26)19(20,21)22)12-13-25(17)29(27,28)16-6-4-3-5-7-16/h3-11,17H,12-13H2,1-2H3. The molecular weight excluding hydrogens is 407 g/mol. The second-order valence-electron chi connectivity index (χ2n) is 6.78. The molecule has 3 rings (SSSR count). The molecule has 2 aromatic carbocycles. The van der Waals surface area contributed by atoms with E-state index in [1.54, 1.807) is 37.2 Å². The van der Waals surface area contributed by atoms with Crippen molar-refractivity contribution in [2.75, 3.05) is 32.1 Å². The zero-order valence-electron chi connectivity index (χ0n) is 15.8. The van der Waals surface area contributed by atoms with Crippen molar-refractivity contribution in [1.29, 1.82) is 0 Å². The Bertz CT molecular complexity index is 977. The van der Waals surface area contributed by atoms with Crippen LogP contribution in [0.25, 0.3) is 0 Å². The number of carbonyl (C=O) groups is 1. The number of benzene rings is 2. The highest BCUT2D eigenvalue weighted by Gasteiger charge is 2.51. The van der Waals surface area contributed by atoms with Gasteiger partial charge in [-0.3, -0.25) is 4.79 Å². The SMILES string of the molecule is CN(C)c1ccc(C2N(C(=O)C(F)(F)F)CCN2S(=O)(=O)c2ccccc2)cc1. The number of hydrogen-bond donors (Lipinski definition) is 0. The summed E-state index contributed by atoms with van der Waals surface area (Å²) in [6.07, 6.45) is -6.49. The third-order valence-corrected chi connectivity index (χ3v) is 6.56. The van der Waals surface area contributed by atoms with Gasteiger partial charge in [-0.1, -0.05) is 30.3 Å². The van der Waals surface area contributed by atoms with Crippen LogP contribution in [0.15, 0.2) is 59.5 Å². The van der Waals surface area contributed by atoms with Gasteiger partial charge >= 0.3 is 12.1 Å². The quantitative estimate of drug-likeness (QED) is 0.753. The van der Waals surface area contributed by atoms with Crippen LogP contribution < -0.4 is 4.90 Å². The van der Waals surface area contributed by atoms with Crippen molar-refractivity contribution in [2.45, 2.75) is 17.2 Å². The Kier molecular flexibility index (Phi) is 5.59. The number of amides is 1. The number of halogens is 3. The summed E-state index contributed by atoms with van der Waals surface area (Å²) >= 11 is 0. The predicted octanol–water partition coefficient (Wildman–Crippen LogP) is 2.85. The lowest BCUT2D eigenvalue weighted by molar-refractivity contribution is -0.187. The van der Waals surface area contributed by atoms with E-state index in [1.165, 1.54) is 36.4 Å². The summed E-state index contributed by atoms with van der Waals surface area (Å²) in [6.45, 7) is -0.594. The average Bonchev–Trinajstić information content (AvgIpc) is 3.13. The van der Waals surface area contributed by atoms with Gasteiger partial charge in [-0.25, -0.2) is 8.42 Å². The van der Waals surface area contributed by atoms with E-state index in [0.717, 1.165) is 9.99 Å². The highest BCUT2D eigenvalue weighted by atomic mass is 32.2. The fourth-order valence-electron chi connectivity index (χ4n) is 3.25. The maximum absolute atomic E-state index is 13.1. The molecule has 0 aliphatic carbocycles. The lowest BCUT2D eigenvalue weighted by atomic mass is 10.1. The highest BCUT2D eigenvalue weighted by molar-refractivity contribution is 7.89. The number of anilines is 1. The van der Waals surface area contributed by atoms with Crippen molar-refractivity contribution in [3.63, 3.8) is 0 Å². The first kappa shape index (κ1) is 21.1. The van der Waals surface area contributed by atoms with Crippen molar-refractivity contribution < 1.29 is 26.4 Å². The minimum atomic E-state index is -5.10. The van der Waals surface area contributed by atoms with Crippen molar-refractivity contribution >= 4 is 21.6 Å². The Morgan fingerprint density at radius 1 is 1.00 bits per heavy atom. The van der Waals surface area contributed by atoms with Crippen molar-refractivity contribution in [3.05, 3.63) is 60.2 Å². The number of carbonyl (C=O) groups excluding carboxylic acids is 1. The molecule has 6 nitrogen and oxygen atoms in total. The minimum absolute atomic E-state index is 0.0452. The van der Waals surface area contributed by atoms with Crippen LogP contribution in [0.2, 0.25) is 0 Å². The van der Waals surface area contributed by atoms with Crippen LogP contribution in [0.1, 0.15) is 11.7 Å². The number of nitrogens with zero attached hydrogens (tertiary/aromatic N) is 3. The molecule has 0 saturated carbocycles. The summed E-state index contributed by atoms with van der Waals surface area (Å²) in [7, 11) is -0.509. The molecule has 0 spiro atoms. The second kappa shape index (κ2) is 7.68. The topological polar surface area (TPSA) is 60.9 Å². The molecule has 1 aliphatic heterocycles. The lowest BCUT2D eigenvalue weighted by Crippen LogP contribution is -2.43. The van der Waals surface area contributed by atoms with Gasteiger partial charge in [0.25, 0.3) is 0 Å². The summed E-state index contributed by atoms with van der Waals surface area (Å²) in [5, 5.41) is 0. The molecule has 0 bridgehead atoms. The number of sulfonamides is 1. The van der Waals surface area contributed by atoms with E-state index in [4.69, 9.17) is 0 Å². The van der Waals surface area contributed by atoms with Gasteiger partial charge in [-0.05, 0) is 29.8 Å². The molecule has 1 atom stereocenters. The van der Waals surface area contributed by atoms with E-state index in [0.29, 0.717) is 4.90 Å². The molecule has 1 unspecified atom stereocenters. The summed E-state index contributed by atoms with van der Waals surface area (Å²) in [6, 6.07) is 13.8. The van der Waals surface area contributed by atoms with Gasteiger partial charge in [0.05, 0.1) is 4.90 Å². The van der Waals surface area contributed by atoms with Crippen molar-refractivity contribution in [1.82, 2.24) is 9.21 Å². The van der Waals surface area contributed by atoms with E-state index < -0.39 is 28.3 Å². The highest BCUT2D eigenvalue weighted by Crippen LogP contribution is 2.37. The average molecular weight is 427 g/mol. The molecule has 0 aromatic heterocycles. The molecular formula is C19H20F3N3O3S. The second-order valence-corrected chi connectivity index (χ2v) is 8.68. The number of hydrogen-bond acceptors (Lipinski definition) is 4. The van der Waals surface area contributed by atoms with E-state index in [9.17, 15) is 26.4 Å². The van der Waals surface area contributed by atoms with E-state index in [1.807, 2.05) is 0 Å². The smallest absolute Gasteiger partial charge is 0.378 e. The summed E-state index contributed by atoms with van der Waals surface area (Å²) in [5.41, 5.74) is 1.07. The van der Waals surface area contributed by atoms with Crippen LogP contribution >= 0.6 is 0 Å². The first-order valence-corrected chi connectivity index (χ1v) is 10.2. The van der Waals surface area contributed by atoms with Gasteiger partial charge in [0.15, 0.2) is 0 Å². The van der Waals surface area contributed by atoms with E-state index >= 15 is 0 Å². The monoisotopic (exact) mass is 427 g/mol. The molecule has 0 N–H and O–H groups in total. The van der Waals surface area contributed by atoms with Crippen molar-refractivity contribution in [2.24, 2.45) is 0 Å². The van der Waals surface area contributed by atoms with Gasteiger partial charge < -0.3 is 9.80 Å². The molecule has 1 amide bonds. The Labute approximate surface area is 167 Å². The molecule has 1 saturated heterocycles. The van der Waals surface area contributed by atoms with Crippen LogP contribution in [0.4, 0.5) is 18.9 Å². The number of rotatable bonds is 4. The fourth-order valence-corrected chi connectivity index (χ4v) is 4.84. The Morgan fingerprint density at radius 3 is 2.10 bits per heavy atom. The van der Waals surface area contributed by atoms with Crippen LogP contribution in [0, 0.1) is 0 Å². The van der Waals surface area contributed by atoms with E-state index in [2.05, 4.69) is 0 Å². The van der Waals surface area contributed by atoms with E-state index in [-0.39, 0.29) is 23.5 Å². The maximum atomic E-state index is 13.1. The Morgan fingerprint density at radius 2 is 1.59 bits per heavy atom. The van der Waals surface area contributed by atoms with Crippen LogP contribution in [-0.2, 0) is 14.8 Å². The molecule has 0 radical (unpaired) electrons. The van der Waals surface area contributed by atoms with Crippen LogP contribution in [0.3, 0.4) is 0 Å².